The first-order chi connectivity index (χ1) is 19.5. The van der Waals surface area contributed by atoms with Crippen molar-refractivity contribution in [2.75, 3.05) is 0 Å². The maximum absolute atomic E-state index is 3.14. The first kappa shape index (κ1) is 29.4. The summed E-state index contributed by atoms with van der Waals surface area (Å²) < 4.78 is 2.67. The molecule has 41 heavy (non-hydrogen) atoms. The lowest BCUT2D eigenvalue weighted by Crippen LogP contribution is -2.28. The molecule has 0 bridgehead atoms. The zero-order valence-corrected chi connectivity index (χ0v) is 28.4. The molecule has 2 saturated carbocycles. The second kappa shape index (κ2) is 11.4. The molecule has 218 valence electrons. The minimum atomic E-state index is -0.215. The Morgan fingerprint density at radius 2 is 1.22 bits per heavy atom. The zero-order valence-electron chi connectivity index (χ0n) is 26.4. The maximum atomic E-state index is 3.14. The van der Waals surface area contributed by atoms with Crippen molar-refractivity contribution < 1.29 is 0 Å². The number of nitrogens with zero attached hydrogens (tertiary/aromatic N) is 1. The third-order valence-corrected chi connectivity index (χ3v) is 13.9. The molecule has 0 spiro atoms. The first-order valence-corrected chi connectivity index (χ1v) is 18.4. The highest BCUT2D eigenvalue weighted by Gasteiger charge is 2.34. The number of para-hydroxylation sites is 1. The second-order valence-electron chi connectivity index (χ2n) is 15.0. The van der Waals surface area contributed by atoms with Gasteiger partial charge in [-0.25, -0.2) is 0 Å². The smallest absolute Gasteiger partial charge is 0.0612 e. The number of rotatable bonds is 4. The van der Waals surface area contributed by atoms with Crippen LogP contribution in [0.25, 0.3) is 27.5 Å². The van der Waals surface area contributed by atoms with E-state index in [2.05, 4.69) is 110 Å². The van der Waals surface area contributed by atoms with E-state index in [0.29, 0.717) is 0 Å². The lowest BCUT2D eigenvalue weighted by Gasteiger charge is -2.39. The molecule has 1 atom stereocenters. The molecule has 3 aromatic carbocycles. The van der Waals surface area contributed by atoms with Crippen LogP contribution >= 0.6 is 17.2 Å². The molecular weight excluding hydrogens is 532 g/mol. The highest BCUT2D eigenvalue weighted by Crippen LogP contribution is 2.56. The Hall–Kier alpha value is -1.68. The molecule has 0 aliphatic heterocycles. The standard InChI is InChI=1S/C38H51NP2/c1-37(2,3)26-21-22-32-30(23-26)31-24-27(38(4,5)6)25-34(40)36(31)39(32)33-19-13-14-20-35(33)41(28-15-9-7-10-16-28)29-17-11-8-12-18-29/h13-14,19-25,28-29H,7-12,15-18,40H2,1-6H3. The molecule has 2 fully saturated rings. The van der Waals surface area contributed by atoms with E-state index in [0.717, 1.165) is 11.3 Å². The summed E-state index contributed by atoms with van der Waals surface area (Å²) in [6.07, 6.45) is 14.3. The van der Waals surface area contributed by atoms with Gasteiger partial charge < -0.3 is 4.57 Å². The first-order valence-electron chi connectivity index (χ1n) is 16.3. The van der Waals surface area contributed by atoms with Crippen LogP contribution in [-0.4, -0.2) is 15.9 Å². The molecule has 1 heterocycles. The lowest BCUT2D eigenvalue weighted by molar-refractivity contribution is 0.487. The molecule has 3 heteroatoms. The summed E-state index contributed by atoms with van der Waals surface area (Å²) in [5, 5.41) is 5.79. The molecular formula is C38H51NP2. The highest BCUT2D eigenvalue weighted by atomic mass is 31.1. The Balaban J connectivity index is 1.64. The molecule has 0 radical (unpaired) electrons. The van der Waals surface area contributed by atoms with Gasteiger partial charge in [0.25, 0.3) is 0 Å². The van der Waals surface area contributed by atoms with Gasteiger partial charge in [0.05, 0.1) is 16.7 Å². The van der Waals surface area contributed by atoms with Gasteiger partial charge in [-0.1, -0.05) is 112 Å². The van der Waals surface area contributed by atoms with E-state index in [1.54, 1.807) is 5.30 Å². The van der Waals surface area contributed by atoms with Crippen LogP contribution in [0.3, 0.4) is 0 Å². The molecule has 1 unspecified atom stereocenters. The van der Waals surface area contributed by atoms with Crippen LogP contribution in [0.1, 0.15) is 117 Å². The predicted molar refractivity (Wildman–Crippen MR) is 188 cm³/mol. The molecule has 0 N–H and O–H groups in total. The number of hydrogen-bond acceptors (Lipinski definition) is 0. The average molecular weight is 584 g/mol. The van der Waals surface area contributed by atoms with E-state index in [4.69, 9.17) is 0 Å². The summed E-state index contributed by atoms with van der Waals surface area (Å²) in [6, 6.07) is 21.9. The third-order valence-electron chi connectivity index (χ3n) is 9.96. The van der Waals surface area contributed by atoms with Gasteiger partial charge in [-0.05, 0) is 94.6 Å². The van der Waals surface area contributed by atoms with Crippen LogP contribution in [0, 0.1) is 0 Å². The number of fused-ring (bicyclic) bond motifs is 3. The minimum Gasteiger partial charge on any atom is -0.308 e. The van der Waals surface area contributed by atoms with E-state index in [-0.39, 0.29) is 18.8 Å². The third kappa shape index (κ3) is 5.68. The largest absolute Gasteiger partial charge is 0.308 e. The van der Waals surface area contributed by atoms with Crippen molar-refractivity contribution in [1.29, 1.82) is 0 Å². The van der Waals surface area contributed by atoms with Crippen molar-refractivity contribution in [3.8, 4) is 5.69 Å². The molecule has 1 aromatic heterocycles. The summed E-state index contributed by atoms with van der Waals surface area (Å²) in [5.74, 6) is 0. The molecule has 2 aliphatic rings. The fourth-order valence-electron chi connectivity index (χ4n) is 7.61. The zero-order chi connectivity index (χ0) is 28.9. The molecule has 1 nitrogen and oxygen atoms in total. The topological polar surface area (TPSA) is 4.93 Å². The highest BCUT2D eigenvalue weighted by molar-refractivity contribution is 7.67. The average Bonchev–Trinajstić information content (AvgIpc) is 3.28. The van der Waals surface area contributed by atoms with Crippen molar-refractivity contribution in [2.24, 2.45) is 0 Å². The van der Waals surface area contributed by atoms with Crippen molar-refractivity contribution in [2.45, 2.75) is 128 Å². The van der Waals surface area contributed by atoms with Crippen molar-refractivity contribution in [1.82, 2.24) is 4.57 Å². The van der Waals surface area contributed by atoms with Crippen molar-refractivity contribution in [3.63, 3.8) is 0 Å². The lowest BCUT2D eigenvalue weighted by atomic mass is 9.85. The van der Waals surface area contributed by atoms with Crippen LogP contribution in [0.4, 0.5) is 0 Å². The van der Waals surface area contributed by atoms with E-state index >= 15 is 0 Å². The van der Waals surface area contributed by atoms with E-state index < -0.39 is 0 Å². The Labute approximate surface area is 252 Å². The van der Waals surface area contributed by atoms with Gasteiger partial charge in [0.15, 0.2) is 0 Å². The monoisotopic (exact) mass is 583 g/mol. The summed E-state index contributed by atoms with van der Waals surface area (Å²) in [4.78, 5) is 0. The number of benzene rings is 3. The quantitative estimate of drug-likeness (QED) is 0.211. The normalized spacial score (nSPS) is 18.1. The van der Waals surface area contributed by atoms with Gasteiger partial charge in [-0.2, -0.15) is 0 Å². The van der Waals surface area contributed by atoms with Gasteiger partial charge in [0, 0.05) is 16.1 Å². The predicted octanol–water partition coefficient (Wildman–Crippen LogP) is 10.7. The van der Waals surface area contributed by atoms with Crippen LogP contribution < -0.4 is 10.6 Å². The molecule has 2 aliphatic carbocycles. The van der Waals surface area contributed by atoms with Crippen LogP contribution in [0.2, 0.25) is 0 Å². The van der Waals surface area contributed by atoms with Crippen molar-refractivity contribution >= 4 is 49.6 Å². The Kier molecular flexibility index (Phi) is 8.20. The summed E-state index contributed by atoms with van der Waals surface area (Å²) >= 11 is 0. The summed E-state index contributed by atoms with van der Waals surface area (Å²) in [6.45, 7) is 14.0. The van der Waals surface area contributed by atoms with E-state index in [1.165, 1.54) is 108 Å². The van der Waals surface area contributed by atoms with Crippen LogP contribution in [0.15, 0.2) is 54.6 Å². The maximum Gasteiger partial charge on any atom is 0.0612 e. The molecule has 0 saturated heterocycles. The van der Waals surface area contributed by atoms with Gasteiger partial charge in [-0.3, -0.25) is 0 Å². The fraction of sp³-hybridized carbons (Fsp3) is 0.526. The second-order valence-corrected chi connectivity index (χ2v) is 18.4. The SMILES string of the molecule is CC(C)(C)c1ccc2c(c1)c1cc(C(C)(C)C)cc(P)c1n2-c1ccccc1P(C1CCCCC1)C1CCCCC1. The number of aromatic nitrogens is 1. The molecule has 4 aromatic rings. The Bertz CT molecular complexity index is 1520. The summed E-state index contributed by atoms with van der Waals surface area (Å²) in [5.41, 5.74) is 8.98. The molecule has 0 amide bonds. The van der Waals surface area contributed by atoms with E-state index in [9.17, 15) is 0 Å². The Morgan fingerprint density at radius 3 is 1.80 bits per heavy atom. The van der Waals surface area contributed by atoms with Crippen LogP contribution in [0.5, 0.6) is 0 Å². The molecule has 6 rings (SSSR count). The van der Waals surface area contributed by atoms with Crippen LogP contribution in [-0.2, 0) is 10.8 Å². The summed E-state index contributed by atoms with van der Waals surface area (Å²) in [7, 11) is 2.92. The Morgan fingerprint density at radius 1 is 0.659 bits per heavy atom. The van der Waals surface area contributed by atoms with Gasteiger partial charge >= 0.3 is 0 Å². The fourth-order valence-corrected chi connectivity index (χ4v) is 12.0. The van der Waals surface area contributed by atoms with Crippen molar-refractivity contribution in [3.05, 3.63) is 65.7 Å². The van der Waals surface area contributed by atoms with Gasteiger partial charge in [0.2, 0.25) is 0 Å². The minimum absolute atomic E-state index is 0.101. The number of hydrogen-bond donors (Lipinski definition) is 0. The van der Waals surface area contributed by atoms with Gasteiger partial charge in [-0.15, -0.1) is 9.24 Å². The van der Waals surface area contributed by atoms with E-state index in [1.807, 2.05) is 0 Å². The van der Waals surface area contributed by atoms with Gasteiger partial charge in [0.1, 0.15) is 0 Å².